The molecule has 23 heavy (non-hydrogen) atoms. The van der Waals surface area contributed by atoms with Crippen molar-refractivity contribution >= 4 is 11.8 Å². The van der Waals surface area contributed by atoms with Crippen LogP contribution < -0.4 is 10.6 Å². The van der Waals surface area contributed by atoms with Gasteiger partial charge in [0.15, 0.2) is 0 Å². The van der Waals surface area contributed by atoms with E-state index in [2.05, 4.69) is 23.6 Å². The van der Waals surface area contributed by atoms with Gasteiger partial charge in [-0.15, -0.1) is 0 Å². The summed E-state index contributed by atoms with van der Waals surface area (Å²) in [6, 6.07) is 8.48. The number of nitrogens with one attached hydrogen (secondary N) is 2. The predicted molar refractivity (Wildman–Crippen MR) is 89.9 cm³/mol. The lowest BCUT2D eigenvalue weighted by Crippen LogP contribution is -2.55. The van der Waals surface area contributed by atoms with Crippen LogP contribution >= 0.6 is 0 Å². The molecule has 2 fully saturated rings. The molecule has 1 aromatic rings. The van der Waals surface area contributed by atoms with E-state index in [1.165, 1.54) is 5.56 Å². The van der Waals surface area contributed by atoms with Gasteiger partial charge in [0.2, 0.25) is 11.8 Å². The van der Waals surface area contributed by atoms with Crippen LogP contribution in [0.4, 0.5) is 0 Å². The number of piperidine rings is 1. The number of benzene rings is 1. The zero-order valence-corrected chi connectivity index (χ0v) is 14.0. The summed E-state index contributed by atoms with van der Waals surface area (Å²) in [5.74, 6) is 1.26. The van der Waals surface area contributed by atoms with Gasteiger partial charge in [-0.25, -0.2) is 0 Å². The number of amides is 2. The summed E-state index contributed by atoms with van der Waals surface area (Å²) in [7, 11) is 0. The van der Waals surface area contributed by atoms with Crippen molar-refractivity contribution in [2.24, 2.45) is 11.8 Å². The highest BCUT2D eigenvalue weighted by Crippen LogP contribution is 2.35. The van der Waals surface area contributed by atoms with Gasteiger partial charge in [0, 0.05) is 18.5 Å². The summed E-state index contributed by atoms with van der Waals surface area (Å²) in [5, 5.41) is 6.28. The molecule has 1 aliphatic heterocycles. The normalized spacial score (nSPS) is 30.3. The Balaban J connectivity index is 1.54. The monoisotopic (exact) mass is 314 g/mol. The molecule has 4 nitrogen and oxygen atoms in total. The first-order valence-electron chi connectivity index (χ1n) is 8.65. The SMILES string of the molecule is Cc1cccc(CC(=O)NC2CCC3C(C)CC(=O)NC3C2)c1. The maximum Gasteiger partial charge on any atom is 0.224 e. The highest BCUT2D eigenvalue weighted by atomic mass is 16.2. The van der Waals surface area contributed by atoms with Crippen molar-refractivity contribution in [3.05, 3.63) is 35.4 Å². The van der Waals surface area contributed by atoms with Gasteiger partial charge in [0.25, 0.3) is 0 Å². The van der Waals surface area contributed by atoms with Gasteiger partial charge in [-0.05, 0) is 43.6 Å². The van der Waals surface area contributed by atoms with Crippen LogP contribution in [0.1, 0.15) is 43.7 Å². The Hall–Kier alpha value is -1.84. The van der Waals surface area contributed by atoms with Crippen molar-refractivity contribution in [1.82, 2.24) is 10.6 Å². The molecule has 4 unspecified atom stereocenters. The molecular weight excluding hydrogens is 288 g/mol. The minimum Gasteiger partial charge on any atom is -0.353 e. The Labute approximate surface area is 138 Å². The van der Waals surface area contributed by atoms with Gasteiger partial charge >= 0.3 is 0 Å². The second-order valence-corrected chi connectivity index (χ2v) is 7.26. The zero-order chi connectivity index (χ0) is 16.4. The fourth-order valence-corrected chi connectivity index (χ4v) is 4.17. The first kappa shape index (κ1) is 16.0. The average Bonchev–Trinajstić information content (AvgIpc) is 2.46. The molecule has 2 aliphatic rings. The van der Waals surface area contributed by atoms with E-state index in [-0.39, 0.29) is 23.9 Å². The van der Waals surface area contributed by atoms with Crippen molar-refractivity contribution in [2.75, 3.05) is 0 Å². The minimum atomic E-state index is 0.0780. The first-order valence-corrected chi connectivity index (χ1v) is 8.65. The maximum absolute atomic E-state index is 12.3. The molecule has 1 saturated heterocycles. The van der Waals surface area contributed by atoms with E-state index in [0.29, 0.717) is 24.7 Å². The van der Waals surface area contributed by atoms with Crippen LogP contribution in [0.15, 0.2) is 24.3 Å². The third-order valence-corrected chi connectivity index (χ3v) is 5.30. The predicted octanol–water partition coefficient (Wildman–Crippen LogP) is 2.35. The fraction of sp³-hybridized carbons (Fsp3) is 0.579. The minimum absolute atomic E-state index is 0.0780. The number of aryl methyl sites for hydroxylation is 1. The largest absolute Gasteiger partial charge is 0.353 e. The summed E-state index contributed by atoms with van der Waals surface area (Å²) in [6.07, 6.45) is 4.03. The van der Waals surface area contributed by atoms with Crippen LogP contribution in [0.3, 0.4) is 0 Å². The highest BCUT2D eigenvalue weighted by molar-refractivity contribution is 5.79. The Morgan fingerprint density at radius 2 is 2.17 bits per heavy atom. The van der Waals surface area contributed by atoms with Crippen molar-refractivity contribution in [1.29, 1.82) is 0 Å². The Morgan fingerprint density at radius 1 is 1.35 bits per heavy atom. The number of fused-ring (bicyclic) bond motifs is 1. The first-order chi connectivity index (χ1) is 11.0. The number of carbonyl (C=O) groups is 2. The molecular formula is C19H26N2O2. The van der Waals surface area contributed by atoms with Crippen molar-refractivity contribution in [3.8, 4) is 0 Å². The van der Waals surface area contributed by atoms with E-state index in [4.69, 9.17) is 0 Å². The van der Waals surface area contributed by atoms with Crippen LogP contribution in [-0.2, 0) is 16.0 Å². The van der Waals surface area contributed by atoms with E-state index in [0.717, 1.165) is 24.8 Å². The molecule has 1 saturated carbocycles. The summed E-state index contributed by atoms with van der Waals surface area (Å²) in [4.78, 5) is 24.0. The second-order valence-electron chi connectivity index (χ2n) is 7.26. The van der Waals surface area contributed by atoms with Crippen molar-refractivity contribution in [3.63, 3.8) is 0 Å². The fourth-order valence-electron chi connectivity index (χ4n) is 4.17. The summed E-state index contributed by atoms with van der Waals surface area (Å²) < 4.78 is 0. The molecule has 0 radical (unpaired) electrons. The highest BCUT2D eigenvalue weighted by Gasteiger charge is 2.38. The quantitative estimate of drug-likeness (QED) is 0.900. The van der Waals surface area contributed by atoms with Crippen molar-refractivity contribution < 1.29 is 9.59 Å². The smallest absolute Gasteiger partial charge is 0.224 e. The molecule has 2 N–H and O–H groups in total. The molecule has 3 rings (SSSR count). The van der Waals surface area contributed by atoms with E-state index in [1.54, 1.807) is 0 Å². The number of rotatable bonds is 3. The number of carbonyl (C=O) groups excluding carboxylic acids is 2. The lowest BCUT2D eigenvalue weighted by Gasteiger charge is -2.43. The van der Waals surface area contributed by atoms with E-state index < -0.39 is 0 Å². The molecule has 1 heterocycles. The molecule has 0 spiro atoms. The van der Waals surface area contributed by atoms with Gasteiger partial charge in [0.1, 0.15) is 0 Å². The Bertz CT molecular complexity index is 599. The molecule has 4 atom stereocenters. The van der Waals surface area contributed by atoms with Crippen LogP contribution in [0.2, 0.25) is 0 Å². The molecule has 1 aromatic carbocycles. The number of hydrogen-bond acceptors (Lipinski definition) is 2. The summed E-state index contributed by atoms with van der Waals surface area (Å²) in [6.45, 7) is 4.21. The summed E-state index contributed by atoms with van der Waals surface area (Å²) in [5.41, 5.74) is 2.23. The number of hydrogen-bond donors (Lipinski definition) is 2. The van der Waals surface area contributed by atoms with Crippen LogP contribution in [0.5, 0.6) is 0 Å². The summed E-state index contributed by atoms with van der Waals surface area (Å²) >= 11 is 0. The van der Waals surface area contributed by atoms with Crippen molar-refractivity contribution in [2.45, 2.75) is 58.0 Å². The second kappa shape index (κ2) is 6.73. The topological polar surface area (TPSA) is 58.2 Å². The standard InChI is InChI=1S/C19H26N2O2/c1-12-4-3-5-14(8-12)10-19(23)20-15-6-7-16-13(2)9-18(22)21-17(16)11-15/h3-5,8,13,15-17H,6-7,9-11H2,1-2H3,(H,20,23)(H,21,22). The van der Waals surface area contributed by atoms with E-state index in [9.17, 15) is 9.59 Å². The third kappa shape index (κ3) is 3.92. The Morgan fingerprint density at radius 3 is 2.96 bits per heavy atom. The molecule has 0 aromatic heterocycles. The van der Waals surface area contributed by atoms with Gasteiger partial charge in [-0.3, -0.25) is 9.59 Å². The molecule has 124 valence electrons. The molecule has 0 bridgehead atoms. The third-order valence-electron chi connectivity index (χ3n) is 5.30. The van der Waals surface area contributed by atoms with Gasteiger partial charge in [-0.2, -0.15) is 0 Å². The zero-order valence-electron chi connectivity index (χ0n) is 14.0. The molecule has 1 aliphatic carbocycles. The lowest BCUT2D eigenvalue weighted by atomic mass is 9.72. The van der Waals surface area contributed by atoms with Crippen LogP contribution in [0.25, 0.3) is 0 Å². The van der Waals surface area contributed by atoms with E-state index >= 15 is 0 Å². The van der Waals surface area contributed by atoms with Gasteiger partial charge < -0.3 is 10.6 Å². The molecule has 4 heteroatoms. The van der Waals surface area contributed by atoms with Gasteiger partial charge in [-0.1, -0.05) is 36.8 Å². The van der Waals surface area contributed by atoms with E-state index in [1.807, 2.05) is 25.1 Å². The lowest BCUT2D eigenvalue weighted by molar-refractivity contribution is -0.127. The maximum atomic E-state index is 12.3. The van der Waals surface area contributed by atoms with Gasteiger partial charge in [0.05, 0.1) is 6.42 Å². The van der Waals surface area contributed by atoms with Crippen LogP contribution in [0, 0.1) is 18.8 Å². The Kier molecular flexibility index (Phi) is 4.69. The molecule has 2 amide bonds. The van der Waals surface area contributed by atoms with Crippen LogP contribution in [-0.4, -0.2) is 23.9 Å². The average molecular weight is 314 g/mol.